The van der Waals surface area contributed by atoms with Crippen molar-refractivity contribution < 1.29 is 9.53 Å². The largest absolute Gasteiger partial charge is 0.373 e. The number of fused-ring (bicyclic) bond motifs is 1. The third-order valence-corrected chi connectivity index (χ3v) is 4.99. The minimum Gasteiger partial charge on any atom is -0.373 e. The van der Waals surface area contributed by atoms with Crippen LogP contribution >= 0.6 is 0 Å². The SMILES string of the molecule is O=C(NC1COC2(CCCCC2)C1)c1cnc2ccccc2n1. The van der Waals surface area contributed by atoms with E-state index in [1.165, 1.54) is 19.3 Å². The van der Waals surface area contributed by atoms with E-state index in [2.05, 4.69) is 15.3 Å². The third-order valence-electron chi connectivity index (χ3n) is 4.99. The van der Waals surface area contributed by atoms with Gasteiger partial charge in [0.1, 0.15) is 5.69 Å². The zero-order valence-electron chi connectivity index (χ0n) is 13.1. The molecule has 5 heteroatoms. The molecule has 2 fully saturated rings. The molecule has 0 radical (unpaired) electrons. The molecular weight excluding hydrogens is 290 g/mol. The summed E-state index contributed by atoms with van der Waals surface area (Å²) in [7, 11) is 0. The van der Waals surface area contributed by atoms with Gasteiger partial charge in [0.05, 0.1) is 35.5 Å². The minimum atomic E-state index is -0.162. The lowest BCUT2D eigenvalue weighted by molar-refractivity contribution is -0.0246. The predicted octanol–water partition coefficient (Wildman–Crippen LogP) is 2.85. The molecule has 120 valence electrons. The first-order chi connectivity index (χ1) is 11.2. The Kier molecular flexibility index (Phi) is 3.73. The van der Waals surface area contributed by atoms with Gasteiger partial charge in [-0.2, -0.15) is 0 Å². The van der Waals surface area contributed by atoms with Crippen LogP contribution in [0.5, 0.6) is 0 Å². The highest BCUT2D eigenvalue weighted by atomic mass is 16.5. The number of carbonyl (C=O) groups is 1. The van der Waals surface area contributed by atoms with Crippen LogP contribution in [-0.4, -0.2) is 34.1 Å². The number of carbonyl (C=O) groups excluding carboxylic acids is 1. The van der Waals surface area contributed by atoms with Gasteiger partial charge in [0.2, 0.25) is 0 Å². The van der Waals surface area contributed by atoms with E-state index in [0.717, 1.165) is 30.3 Å². The van der Waals surface area contributed by atoms with Crippen LogP contribution in [0.2, 0.25) is 0 Å². The first-order valence-corrected chi connectivity index (χ1v) is 8.41. The van der Waals surface area contributed by atoms with Crippen LogP contribution in [0, 0.1) is 0 Å². The van der Waals surface area contributed by atoms with Gasteiger partial charge in [-0.05, 0) is 31.4 Å². The molecule has 1 aliphatic heterocycles. The van der Waals surface area contributed by atoms with Gasteiger partial charge in [-0.1, -0.05) is 31.4 Å². The van der Waals surface area contributed by atoms with Crippen LogP contribution in [0.15, 0.2) is 30.5 Å². The van der Waals surface area contributed by atoms with Crippen LogP contribution in [0.3, 0.4) is 0 Å². The Hall–Kier alpha value is -2.01. The van der Waals surface area contributed by atoms with Crippen molar-refractivity contribution in [3.63, 3.8) is 0 Å². The summed E-state index contributed by atoms with van der Waals surface area (Å²) in [6.07, 6.45) is 8.47. The molecule has 1 amide bonds. The Morgan fingerprint density at radius 1 is 1.17 bits per heavy atom. The number of rotatable bonds is 2. The average Bonchev–Trinajstić information content (AvgIpc) is 2.97. The van der Waals surface area contributed by atoms with Gasteiger partial charge in [-0.25, -0.2) is 4.98 Å². The summed E-state index contributed by atoms with van der Waals surface area (Å²) < 4.78 is 6.05. The molecule has 2 aromatic rings. The standard InChI is InChI=1S/C18H21N3O2/c22-17(16-11-19-14-6-2-3-7-15(14)21-16)20-13-10-18(23-12-13)8-4-1-5-9-18/h2-3,6-7,11,13H,1,4-5,8-10,12H2,(H,20,22). The topological polar surface area (TPSA) is 64.1 Å². The number of ether oxygens (including phenoxy) is 1. The van der Waals surface area contributed by atoms with E-state index in [1.54, 1.807) is 6.20 Å². The second kappa shape index (κ2) is 5.89. The van der Waals surface area contributed by atoms with E-state index < -0.39 is 0 Å². The number of nitrogens with zero attached hydrogens (tertiary/aromatic N) is 2. The monoisotopic (exact) mass is 311 g/mol. The van der Waals surface area contributed by atoms with Gasteiger partial charge in [-0.3, -0.25) is 9.78 Å². The van der Waals surface area contributed by atoms with E-state index in [1.807, 2.05) is 24.3 Å². The van der Waals surface area contributed by atoms with E-state index in [0.29, 0.717) is 12.3 Å². The van der Waals surface area contributed by atoms with Gasteiger partial charge in [0.15, 0.2) is 0 Å². The molecule has 1 atom stereocenters. The van der Waals surface area contributed by atoms with Crippen molar-refractivity contribution in [1.82, 2.24) is 15.3 Å². The number of aromatic nitrogens is 2. The fourth-order valence-corrected chi connectivity index (χ4v) is 3.81. The molecule has 1 aromatic heterocycles. The van der Waals surface area contributed by atoms with E-state index in [4.69, 9.17) is 4.74 Å². The molecule has 2 aliphatic rings. The Bertz CT molecular complexity index is 725. The van der Waals surface area contributed by atoms with Crippen molar-refractivity contribution in [1.29, 1.82) is 0 Å². The van der Waals surface area contributed by atoms with Crippen molar-refractivity contribution in [3.05, 3.63) is 36.2 Å². The quantitative estimate of drug-likeness (QED) is 0.926. The number of hydrogen-bond donors (Lipinski definition) is 1. The second-order valence-electron chi connectivity index (χ2n) is 6.67. The molecule has 1 unspecified atom stereocenters. The van der Waals surface area contributed by atoms with Gasteiger partial charge in [0, 0.05) is 0 Å². The summed E-state index contributed by atoms with van der Waals surface area (Å²) in [6, 6.07) is 7.65. The van der Waals surface area contributed by atoms with Gasteiger partial charge in [-0.15, -0.1) is 0 Å². The number of benzene rings is 1. The highest BCUT2D eigenvalue weighted by Gasteiger charge is 2.41. The molecule has 4 rings (SSSR count). The lowest BCUT2D eigenvalue weighted by atomic mass is 9.82. The highest BCUT2D eigenvalue weighted by Crippen LogP contribution is 2.39. The molecule has 1 aromatic carbocycles. The fraction of sp³-hybridized carbons (Fsp3) is 0.500. The molecule has 2 heterocycles. The van der Waals surface area contributed by atoms with Crippen LogP contribution in [0.25, 0.3) is 11.0 Å². The Morgan fingerprint density at radius 3 is 2.78 bits per heavy atom. The predicted molar refractivity (Wildman–Crippen MR) is 87.2 cm³/mol. The van der Waals surface area contributed by atoms with Crippen LogP contribution < -0.4 is 5.32 Å². The fourth-order valence-electron chi connectivity index (χ4n) is 3.81. The van der Waals surface area contributed by atoms with Gasteiger partial charge < -0.3 is 10.1 Å². The van der Waals surface area contributed by atoms with Crippen molar-refractivity contribution in [2.45, 2.75) is 50.2 Å². The Morgan fingerprint density at radius 2 is 1.96 bits per heavy atom. The van der Waals surface area contributed by atoms with Crippen molar-refractivity contribution >= 4 is 16.9 Å². The van der Waals surface area contributed by atoms with Gasteiger partial charge in [0.25, 0.3) is 5.91 Å². The molecular formula is C18H21N3O2. The molecule has 23 heavy (non-hydrogen) atoms. The average molecular weight is 311 g/mol. The molecule has 1 spiro atoms. The molecule has 5 nitrogen and oxygen atoms in total. The normalized spacial score (nSPS) is 23.2. The van der Waals surface area contributed by atoms with Crippen molar-refractivity contribution in [2.24, 2.45) is 0 Å². The highest BCUT2D eigenvalue weighted by molar-refractivity contribution is 5.93. The summed E-state index contributed by atoms with van der Waals surface area (Å²) in [5, 5.41) is 3.06. The zero-order chi connectivity index (χ0) is 15.7. The van der Waals surface area contributed by atoms with Crippen LogP contribution in [0.1, 0.15) is 49.0 Å². The zero-order valence-corrected chi connectivity index (χ0v) is 13.1. The van der Waals surface area contributed by atoms with Crippen LogP contribution in [-0.2, 0) is 4.74 Å². The first kappa shape index (κ1) is 14.6. The minimum absolute atomic E-state index is 0.00522. The van der Waals surface area contributed by atoms with Crippen molar-refractivity contribution in [3.8, 4) is 0 Å². The number of para-hydroxylation sites is 2. The first-order valence-electron chi connectivity index (χ1n) is 8.41. The summed E-state index contributed by atoms with van der Waals surface area (Å²) >= 11 is 0. The molecule has 1 saturated heterocycles. The van der Waals surface area contributed by atoms with Crippen LogP contribution in [0.4, 0.5) is 0 Å². The second-order valence-corrected chi connectivity index (χ2v) is 6.67. The number of hydrogen-bond acceptors (Lipinski definition) is 4. The smallest absolute Gasteiger partial charge is 0.271 e. The molecule has 1 saturated carbocycles. The van der Waals surface area contributed by atoms with Gasteiger partial charge >= 0.3 is 0 Å². The number of nitrogens with one attached hydrogen (secondary N) is 1. The third kappa shape index (κ3) is 2.93. The summed E-state index contributed by atoms with van der Waals surface area (Å²) in [6.45, 7) is 0.604. The Labute approximate surface area is 135 Å². The molecule has 0 bridgehead atoms. The number of amides is 1. The maximum atomic E-state index is 12.4. The maximum absolute atomic E-state index is 12.4. The molecule has 1 aliphatic carbocycles. The lowest BCUT2D eigenvalue weighted by Crippen LogP contribution is -2.37. The maximum Gasteiger partial charge on any atom is 0.271 e. The van der Waals surface area contributed by atoms with Crippen molar-refractivity contribution in [2.75, 3.05) is 6.61 Å². The Balaban J connectivity index is 1.45. The molecule has 1 N–H and O–H groups in total. The van der Waals surface area contributed by atoms with E-state index in [-0.39, 0.29) is 17.6 Å². The summed E-state index contributed by atoms with van der Waals surface area (Å²) in [4.78, 5) is 21.2. The summed E-state index contributed by atoms with van der Waals surface area (Å²) in [5.41, 5.74) is 1.92. The van der Waals surface area contributed by atoms with E-state index in [9.17, 15) is 4.79 Å². The summed E-state index contributed by atoms with van der Waals surface area (Å²) in [5.74, 6) is -0.162. The lowest BCUT2D eigenvalue weighted by Gasteiger charge is -2.32. The van der Waals surface area contributed by atoms with E-state index >= 15 is 0 Å².